The first-order valence-corrected chi connectivity index (χ1v) is 6.06. The van der Waals surface area contributed by atoms with Crippen molar-refractivity contribution in [2.24, 2.45) is 5.73 Å². The molecule has 4 nitrogen and oxygen atoms in total. The van der Waals surface area contributed by atoms with E-state index < -0.39 is 5.91 Å². The van der Waals surface area contributed by atoms with Gasteiger partial charge in [-0.1, -0.05) is 24.8 Å². The van der Waals surface area contributed by atoms with E-state index in [9.17, 15) is 4.79 Å². The summed E-state index contributed by atoms with van der Waals surface area (Å²) in [7, 11) is 0. The fourth-order valence-corrected chi connectivity index (χ4v) is 2.10. The molecule has 1 fully saturated rings. The molecule has 0 radical (unpaired) electrons. The number of ether oxygens (including phenoxy) is 1. The van der Waals surface area contributed by atoms with Crippen LogP contribution in [0.4, 0.5) is 0 Å². The molecule has 0 bridgehead atoms. The molecule has 96 valence electrons. The summed E-state index contributed by atoms with van der Waals surface area (Å²) in [5, 5.41) is 3.26. The quantitative estimate of drug-likeness (QED) is 0.775. The van der Waals surface area contributed by atoms with Crippen LogP contribution in [0.1, 0.15) is 15.9 Å². The Labute approximate surface area is 107 Å². The lowest BCUT2D eigenvalue weighted by Crippen LogP contribution is -2.39. The van der Waals surface area contributed by atoms with Crippen molar-refractivity contribution >= 4 is 5.91 Å². The number of nitrogens with one attached hydrogen (secondary N) is 1. The van der Waals surface area contributed by atoms with Gasteiger partial charge in [0.25, 0.3) is 0 Å². The van der Waals surface area contributed by atoms with Gasteiger partial charge in [0.05, 0.1) is 12.7 Å². The third-order valence-electron chi connectivity index (χ3n) is 3.08. The molecule has 1 aliphatic heterocycles. The molecule has 3 N–H and O–H groups in total. The molecule has 0 aromatic heterocycles. The normalized spacial score (nSPS) is 19.4. The Morgan fingerprint density at radius 2 is 2.28 bits per heavy atom. The first-order chi connectivity index (χ1) is 8.68. The lowest BCUT2D eigenvalue weighted by atomic mass is 9.97. The average molecular weight is 246 g/mol. The van der Waals surface area contributed by atoms with Crippen LogP contribution in [0.15, 0.2) is 36.4 Å². The molecule has 0 spiro atoms. The van der Waals surface area contributed by atoms with E-state index >= 15 is 0 Å². The molecule has 4 heteroatoms. The number of rotatable bonds is 4. The maximum atomic E-state index is 11.3. The molecule has 18 heavy (non-hydrogen) atoms. The fourth-order valence-electron chi connectivity index (χ4n) is 2.10. The van der Waals surface area contributed by atoms with Gasteiger partial charge in [0.15, 0.2) is 0 Å². The summed E-state index contributed by atoms with van der Waals surface area (Å²) in [6.07, 6.45) is 0.630. The van der Waals surface area contributed by atoms with E-state index in [1.54, 1.807) is 6.07 Å². The van der Waals surface area contributed by atoms with Crippen molar-refractivity contribution in [1.82, 2.24) is 5.32 Å². The molecule has 1 aromatic carbocycles. The Bertz CT molecular complexity index is 451. The SMILES string of the molecule is C=C(Cc1ccccc1C(N)=O)C1CNCCO1. The average Bonchev–Trinajstić information content (AvgIpc) is 2.40. The van der Waals surface area contributed by atoms with E-state index in [2.05, 4.69) is 11.9 Å². The molecule has 0 saturated carbocycles. The van der Waals surface area contributed by atoms with Gasteiger partial charge in [-0.25, -0.2) is 0 Å². The third-order valence-corrected chi connectivity index (χ3v) is 3.08. The van der Waals surface area contributed by atoms with Crippen LogP contribution in [0.5, 0.6) is 0 Å². The minimum Gasteiger partial charge on any atom is -0.371 e. The van der Waals surface area contributed by atoms with Crippen LogP contribution >= 0.6 is 0 Å². The topological polar surface area (TPSA) is 64.4 Å². The minimum atomic E-state index is -0.402. The number of carbonyl (C=O) groups is 1. The van der Waals surface area contributed by atoms with E-state index in [4.69, 9.17) is 10.5 Å². The smallest absolute Gasteiger partial charge is 0.248 e. The van der Waals surface area contributed by atoms with Crippen molar-refractivity contribution in [3.05, 3.63) is 47.5 Å². The Morgan fingerprint density at radius 1 is 1.50 bits per heavy atom. The number of hydrogen-bond acceptors (Lipinski definition) is 3. The van der Waals surface area contributed by atoms with E-state index in [1.807, 2.05) is 18.2 Å². The monoisotopic (exact) mass is 246 g/mol. The van der Waals surface area contributed by atoms with Gasteiger partial charge in [-0.05, 0) is 23.6 Å². The van der Waals surface area contributed by atoms with Crippen molar-refractivity contribution in [2.45, 2.75) is 12.5 Å². The van der Waals surface area contributed by atoms with Crippen molar-refractivity contribution in [3.8, 4) is 0 Å². The zero-order valence-corrected chi connectivity index (χ0v) is 10.3. The van der Waals surface area contributed by atoms with Crippen molar-refractivity contribution in [1.29, 1.82) is 0 Å². The van der Waals surface area contributed by atoms with Gasteiger partial charge in [-0.15, -0.1) is 0 Å². The molecule has 1 aliphatic rings. The maximum absolute atomic E-state index is 11.3. The number of amides is 1. The highest BCUT2D eigenvalue weighted by atomic mass is 16.5. The second kappa shape index (κ2) is 5.80. The number of morpholine rings is 1. The van der Waals surface area contributed by atoms with E-state index in [1.165, 1.54) is 0 Å². The maximum Gasteiger partial charge on any atom is 0.248 e. The zero-order chi connectivity index (χ0) is 13.0. The summed E-state index contributed by atoms with van der Waals surface area (Å²) >= 11 is 0. The standard InChI is InChI=1S/C14H18N2O2/c1-10(13-9-16-6-7-18-13)8-11-4-2-3-5-12(11)14(15)17/h2-5,13,16H,1,6-9H2,(H2,15,17). The van der Waals surface area contributed by atoms with Crippen LogP contribution in [-0.2, 0) is 11.2 Å². The van der Waals surface area contributed by atoms with Gasteiger partial charge in [0.2, 0.25) is 5.91 Å². The zero-order valence-electron chi connectivity index (χ0n) is 10.3. The Balaban J connectivity index is 2.08. The van der Waals surface area contributed by atoms with Gasteiger partial charge >= 0.3 is 0 Å². The predicted molar refractivity (Wildman–Crippen MR) is 70.4 cm³/mol. The molecule has 1 atom stereocenters. The number of carbonyl (C=O) groups excluding carboxylic acids is 1. The summed E-state index contributed by atoms with van der Waals surface area (Å²) in [4.78, 5) is 11.3. The van der Waals surface area contributed by atoms with E-state index in [0.717, 1.165) is 24.2 Å². The van der Waals surface area contributed by atoms with Crippen LogP contribution in [0.25, 0.3) is 0 Å². The Kier molecular flexibility index (Phi) is 4.12. The number of benzene rings is 1. The summed E-state index contributed by atoms with van der Waals surface area (Å²) in [5.74, 6) is -0.402. The highest BCUT2D eigenvalue weighted by Gasteiger charge is 2.18. The molecule has 1 heterocycles. The van der Waals surface area contributed by atoms with Gasteiger partial charge < -0.3 is 15.8 Å². The van der Waals surface area contributed by atoms with Crippen LogP contribution < -0.4 is 11.1 Å². The second-order valence-electron chi connectivity index (χ2n) is 4.42. The largest absolute Gasteiger partial charge is 0.371 e. The van der Waals surface area contributed by atoms with Crippen LogP contribution in [0.3, 0.4) is 0 Å². The molecular formula is C14H18N2O2. The van der Waals surface area contributed by atoms with Crippen molar-refractivity contribution in [2.75, 3.05) is 19.7 Å². The summed E-state index contributed by atoms with van der Waals surface area (Å²) in [5.41, 5.74) is 7.79. The number of nitrogens with two attached hydrogens (primary N) is 1. The van der Waals surface area contributed by atoms with Gasteiger partial charge in [0, 0.05) is 18.7 Å². The summed E-state index contributed by atoms with van der Waals surface area (Å²) in [6, 6.07) is 7.35. The van der Waals surface area contributed by atoms with Gasteiger partial charge in [-0.3, -0.25) is 4.79 Å². The molecule has 0 aliphatic carbocycles. The van der Waals surface area contributed by atoms with Crippen LogP contribution in [-0.4, -0.2) is 31.7 Å². The lowest BCUT2D eigenvalue weighted by Gasteiger charge is -2.25. The molecule has 2 rings (SSSR count). The number of primary amides is 1. The molecule has 1 unspecified atom stereocenters. The van der Waals surface area contributed by atoms with E-state index in [0.29, 0.717) is 18.6 Å². The highest BCUT2D eigenvalue weighted by molar-refractivity contribution is 5.94. The summed E-state index contributed by atoms with van der Waals surface area (Å²) < 4.78 is 5.63. The van der Waals surface area contributed by atoms with Crippen molar-refractivity contribution < 1.29 is 9.53 Å². The minimum absolute atomic E-state index is 0.0136. The summed E-state index contributed by atoms with van der Waals surface area (Å²) in [6.45, 7) is 6.40. The molecule has 1 aromatic rings. The van der Waals surface area contributed by atoms with Crippen molar-refractivity contribution in [3.63, 3.8) is 0 Å². The van der Waals surface area contributed by atoms with E-state index in [-0.39, 0.29) is 6.10 Å². The molecular weight excluding hydrogens is 228 g/mol. The Hall–Kier alpha value is -1.65. The number of hydrogen-bond donors (Lipinski definition) is 2. The Morgan fingerprint density at radius 3 is 2.94 bits per heavy atom. The molecule has 1 saturated heterocycles. The van der Waals surface area contributed by atoms with Gasteiger partial charge in [0.1, 0.15) is 0 Å². The highest BCUT2D eigenvalue weighted by Crippen LogP contribution is 2.17. The fraction of sp³-hybridized carbons (Fsp3) is 0.357. The third kappa shape index (κ3) is 2.97. The second-order valence-corrected chi connectivity index (χ2v) is 4.42. The first-order valence-electron chi connectivity index (χ1n) is 6.06. The molecule has 1 amide bonds. The van der Waals surface area contributed by atoms with Gasteiger partial charge in [-0.2, -0.15) is 0 Å². The first kappa shape index (κ1) is 12.8. The predicted octanol–water partition coefficient (Wildman–Crippen LogP) is 0.873. The van der Waals surface area contributed by atoms with Crippen LogP contribution in [0.2, 0.25) is 0 Å². The lowest BCUT2D eigenvalue weighted by molar-refractivity contribution is 0.0507. The van der Waals surface area contributed by atoms with Crippen LogP contribution in [0, 0.1) is 0 Å².